The largest absolute Gasteiger partial charge is 0.371 e. The third-order valence-corrected chi connectivity index (χ3v) is 6.77. The van der Waals surface area contributed by atoms with Gasteiger partial charge in [0.25, 0.3) is 0 Å². The van der Waals surface area contributed by atoms with Gasteiger partial charge in [-0.25, -0.2) is 4.98 Å². The molecule has 1 aliphatic rings. The highest BCUT2D eigenvalue weighted by molar-refractivity contribution is 5.94. The Hall–Kier alpha value is -3.17. The zero-order valence-electron chi connectivity index (χ0n) is 19.2. The number of rotatable bonds is 7. The summed E-state index contributed by atoms with van der Waals surface area (Å²) < 4.78 is 0. The number of para-hydroxylation sites is 1. The van der Waals surface area contributed by atoms with Crippen molar-refractivity contribution < 1.29 is 0 Å². The lowest BCUT2D eigenvalue weighted by atomic mass is 9.98. The van der Waals surface area contributed by atoms with Crippen molar-refractivity contribution in [3.63, 3.8) is 0 Å². The minimum Gasteiger partial charge on any atom is -0.371 e. The molecule has 3 heteroatoms. The fourth-order valence-corrected chi connectivity index (χ4v) is 4.79. The van der Waals surface area contributed by atoms with Gasteiger partial charge in [0.1, 0.15) is 0 Å². The molecule has 164 valence electrons. The number of pyridine rings is 1. The van der Waals surface area contributed by atoms with Crippen LogP contribution in [0.4, 0.5) is 5.69 Å². The third-order valence-electron chi connectivity index (χ3n) is 6.77. The molecule has 0 N–H and O–H groups in total. The lowest BCUT2D eigenvalue weighted by molar-refractivity contribution is 0.181. The fourth-order valence-electron chi connectivity index (χ4n) is 4.79. The van der Waals surface area contributed by atoms with Crippen molar-refractivity contribution in [2.75, 3.05) is 25.0 Å². The summed E-state index contributed by atoms with van der Waals surface area (Å²) in [6.45, 7) is 12.2. The van der Waals surface area contributed by atoms with Crippen molar-refractivity contribution >= 4 is 16.6 Å². The monoisotopic (exact) mass is 423 g/mol. The second-order valence-corrected chi connectivity index (χ2v) is 8.57. The summed E-state index contributed by atoms with van der Waals surface area (Å²) in [5.74, 6) is 0. The summed E-state index contributed by atoms with van der Waals surface area (Å²) in [7, 11) is 2.24. The van der Waals surface area contributed by atoms with Crippen LogP contribution in [0.3, 0.4) is 0 Å². The van der Waals surface area contributed by atoms with E-state index in [1.54, 1.807) is 0 Å². The number of hydrogen-bond acceptors (Lipinski definition) is 3. The number of piperidine rings is 1. The first-order valence-electron chi connectivity index (χ1n) is 11.5. The standard InChI is InChI=1S/C29H33N3/c1-5-12-23(6-2)22(3)32-19-17-25(18-20-32)31(4)29-21-28(24-13-8-7-9-14-24)30-27-16-11-10-15-26(27)29/h5-16,21-22,25H,1-2,17-20H2,3-4H3/b23-12+. The van der Waals surface area contributed by atoms with Crippen LogP contribution in [0.25, 0.3) is 22.2 Å². The quantitative estimate of drug-likeness (QED) is 0.405. The highest BCUT2D eigenvalue weighted by atomic mass is 15.2. The molecular weight excluding hydrogens is 390 g/mol. The van der Waals surface area contributed by atoms with E-state index in [0.29, 0.717) is 12.1 Å². The van der Waals surface area contributed by atoms with E-state index in [2.05, 4.69) is 97.6 Å². The topological polar surface area (TPSA) is 19.4 Å². The molecule has 1 fully saturated rings. The zero-order valence-corrected chi connectivity index (χ0v) is 19.2. The number of nitrogens with zero attached hydrogens (tertiary/aromatic N) is 3. The van der Waals surface area contributed by atoms with Gasteiger partial charge in [0.15, 0.2) is 0 Å². The molecule has 2 heterocycles. The Bertz CT molecular complexity index is 1110. The van der Waals surface area contributed by atoms with Crippen LogP contribution in [0.15, 0.2) is 97.6 Å². The Morgan fingerprint density at radius 1 is 1.06 bits per heavy atom. The summed E-state index contributed by atoms with van der Waals surface area (Å²) in [5.41, 5.74) is 5.73. The molecule has 1 aliphatic heterocycles. The molecule has 3 aromatic rings. The molecule has 0 aliphatic carbocycles. The Kier molecular flexibility index (Phi) is 6.87. The third kappa shape index (κ3) is 4.53. The molecule has 4 rings (SSSR count). The van der Waals surface area contributed by atoms with Crippen molar-refractivity contribution in [3.05, 3.63) is 97.6 Å². The number of allylic oxidation sites excluding steroid dienone is 2. The van der Waals surface area contributed by atoms with Gasteiger partial charge in [0, 0.05) is 48.9 Å². The lowest BCUT2D eigenvalue weighted by Gasteiger charge is -2.41. The molecule has 2 aromatic carbocycles. The summed E-state index contributed by atoms with van der Waals surface area (Å²) in [6, 6.07) is 22.1. The Morgan fingerprint density at radius 3 is 2.44 bits per heavy atom. The molecule has 1 unspecified atom stereocenters. The maximum atomic E-state index is 4.96. The number of aromatic nitrogens is 1. The molecule has 3 nitrogen and oxygen atoms in total. The average Bonchev–Trinajstić information content (AvgIpc) is 2.86. The summed E-state index contributed by atoms with van der Waals surface area (Å²) in [6.07, 6.45) is 8.16. The van der Waals surface area contributed by atoms with Crippen molar-refractivity contribution in [1.82, 2.24) is 9.88 Å². The molecule has 32 heavy (non-hydrogen) atoms. The van der Waals surface area contributed by atoms with Gasteiger partial charge in [-0.05, 0) is 37.5 Å². The first-order valence-corrected chi connectivity index (χ1v) is 11.5. The zero-order chi connectivity index (χ0) is 22.5. The molecule has 1 atom stereocenters. The van der Waals surface area contributed by atoms with Crippen LogP contribution >= 0.6 is 0 Å². The van der Waals surface area contributed by atoms with Crippen molar-refractivity contribution in [2.45, 2.75) is 31.8 Å². The lowest BCUT2D eigenvalue weighted by Crippen LogP contribution is -2.47. The molecule has 0 saturated carbocycles. The normalized spacial score (nSPS) is 16.6. The number of fused-ring (bicyclic) bond motifs is 1. The molecule has 1 saturated heterocycles. The number of hydrogen-bond donors (Lipinski definition) is 0. The molecule has 0 amide bonds. The predicted octanol–water partition coefficient (Wildman–Crippen LogP) is 6.49. The van der Waals surface area contributed by atoms with E-state index >= 15 is 0 Å². The molecule has 0 spiro atoms. The van der Waals surface area contributed by atoms with Crippen LogP contribution in [-0.2, 0) is 0 Å². The molecule has 0 bridgehead atoms. The van der Waals surface area contributed by atoms with Crippen LogP contribution in [0, 0.1) is 0 Å². The van der Waals surface area contributed by atoms with E-state index in [-0.39, 0.29) is 0 Å². The van der Waals surface area contributed by atoms with Crippen molar-refractivity contribution in [1.29, 1.82) is 0 Å². The Labute approximate surface area is 192 Å². The predicted molar refractivity (Wildman–Crippen MR) is 138 cm³/mol. The van der Waals surface area contributed by atoms with Crippen molar-refractivity contribution in [2.24, 2.45) is 0 Å². The highest BCUT2D eigenvalue weighted by Gasteiger charge is 2.27. The Morgan fingerprint density at radius 2 is 1.75 bits per heavy atom. The van der Waals surface area contributed by atoms with E-state index in [9.17, 15) is 0 Å². The first-order chi connectivity index (χ1) is 15.6. The first kappa shape index (κ1) is 22.0. The SMILES string of the molecule is C=C/C=C(\C=C)C(C)N1CCC(N(C)c2cc(-c3ccccc3)nc3ccccc23)CC1. The van der Waals surface area contributed by atoms with Gasteiger partial charge in [0.2, 0.25) is 0 Å². The fraction of sp³-hybridized carbons (Fsp3) is 0.276. The Balaban J connectivity index is 1.58. The minimum atomic E-state index is 0.364. The van der Waals surface area contributed by atoms with Gasteiger partial charge in [-0.3, -0.25) is 4.90 Å². The van der Waals surface area contributed by atoms with E-state index in [1.165, 1.54) is 16.6 Å². The molecular formula is C29H33N3. The van der Waals surface area contributed by atoms with Gasteiger partial charge in [0.05, 0.1) is 11.2 Å². The van der Waals surface area contributed by atoms with Gasteiger partial charge in [-0.2, -0.15) is 0 Å². The molecule has 0 radical (unpaired) electrons. The second kappa shape index (κ2) is 9.97. The van der Waals surface area contributed by atoms with Crippen LogP contribution < -0.4 is 4.90 Å². The highest BCUT2D eigenvalue weighted by Crippen LogP contribution is 2.33. The van der Waals surface area contributed by atoms with Crippen molar-refractivity contribution in [3.8, 4) is 11.3 Å². The van der Waals surface area contributed by atoms with Crippen LogP contribution in [0.5, 0.6) is 0 Å². The minimum absolute atomic E-state index is 0.364. The van der Waals surface area contributed by atoms with Gasteiger partial charge in [-0.15, -0.1) is 0 Å². The summed E-state index contributed by atoms with van der Waals surface area (Å²) >= 11 is 0. The number of benzene rings is 2. The number of anilines is 1. The second-order valence-electron chi connectivity index (χ2n) is 8.57. The summed E-state index contributed by atoms with van der Waals surface area (Å²) in [5, 5.41) is 1.22. The maximum absolute atomic E-state index is 4.96. The summed E-state index contributed by atoms with van der Waals surface area (Å²) in [4.78, 5) is 9.99. The van der Waals surface area contributed by atoms with E-state index in [1.807, 2.05) is 18.2 Å². The smallest absolute Gasteiger partial charge is 0.0730 e. The van der Waals surface area contributed by atoms with E-state index in [0.717, 1.165) is 42.7 Å². The van der Waals surface area contributed by atoms with Crippen LogP contribution in [0.1, 0.15) is 19.8 Å². The average molecular weight is 424 g/mol. The van der Waals surface area contributed by atoms with Crippen LogP contribution in [0.2, 0.25) is 0 Å². The molecule has 1 aromatic heterocycles. The number of likely N-dealkylation sites (tertiary alicyclic amines) is 1. The van der Waals surface area contributed by atoms with Gasteiger partial charge in [-0.1, -0.05) is 79.9 Å². The van der Waals surface area contributed by atoms with E-state index in [4.69, 9.17) is 4.98 Å². The van der Waals surface area contributed by atoms with Gasteiger partial charge < -0.3 is 4.90 Å². The maximum Gasteiger partial charge on any atom is 0.0730 e. The van der Waals surface area contributed by atoms with Crippen LogP contribution in [-0.4, -0.2) is 42.1 Å². The van der Waals surface area contributed by atoms with E-state index < -0.39 is 0 Å². The van der Waals surface area contributed by atoms with Gasteiger partial charge >= 0.3 is 0 Å².